The maximum atomic E-state index is 11.7. The van der Waals surface area contributed by atoms with Crippen molar-refractivity contribution >= 4 is 11.6 Å². The average molecular weight is 184 g/mol. The molecule has 0 aromatic carbocycles. The number of rotatable bonds is 3. The van der Waals surface area contributed by atoms with Crippen molar-refractivity contribution in [1.82, 2.24) is 0 Å². The molecule has 74 valence electrons. The fraction of sp³-hybridized carbons (Fsp3) is 0.800. The first kappa shape index (κ1) is 10.4. The standard InChI is InChI=1S/C10H16O3/c1-3-9(12)10(8(2)11)4-6-13-7-5-10/h3-7H2,1-2H3. The van der Waals surface area contributed by atoms with Gasteiger partial charge in [-0.05, 0) is 19.8 Å². The number of Topliss-reactive ketones (excluding diaryl/α,β-unsaturated/α-hetero) is 2. The molecule has 1 fully saturated rings. The van der Waals surface area contributed by atoms with Crippen molar-refractivity contribution in [3.8, 4) is 0 Å². The topological polar surface area (TPSA) is 43.4 Å². The van der Waals surface area contributed by atoms with Crippen molar-refractivity contribution in [3.05, 3.63) is 0 Å². The third kappa shape index (κ3) is 1.80. The summed E-state index contributed by atoms with van der Waals surface area (Å²) in [5.41, 5.74) is -0.715. The molecule has 1 aliphatic rings. The van der Waals surface area contributed by atoms with Crippen LogP contribution in [0, 0.1) is 5.41 Å². The quantitative estimate of drug-likeness (QED) is 0.622. The highest BCUT2D eigenvalue weighted by molar-refractivity contribution is 6.06. The van der Waals surface area contributed by atoms with Crippen molar-refractivity contribution in [1.29, 1.82) is 0 Å². The Hall–Kier alpha value is -0.700. The second-order valence-electron chi connectivity index (χ2n) is 3.53. The van der Waals surface area contributed by atoms with E-state index in [0.29, 0.717) is 32.5 Å². The highest BCUT2D eigenvalue weighted by Gasteiger charge is 2.42. The first-order valence-electron chi connectivity index (χ1n) is 4.75. The molecule has 0 amide bonds. The van der Waals surface area contributed by atoms with Gasteiger partial charge in [0.1, 0.15) is 11.6 Å². The van der Waals surface area contributed by atoms with Crippen molar-refractivity contribution in [2.24, 2.45) is 5.41 Å². The summed E-state index contributed by atoms with van der Waals surface area (Å²) in [5, 5.41) is 0. The Morgan fingerprint density at radius 2 is 1.85 bits per heavy atom. The number of hydrogen-bond donors (Lipinski definition) is 0. The van der Waals surface area contributed by atoms with E-state index in [1.165, 1.54) is 6.92 Å². The predicted octanol–water partition coefficient (Wildman–Crippen LogP) is 1.35. The van der Waals surface area contributed by atoms with Crippen LogP contribution in [-0.4, -0.2) is 24.8 Å². The smallest absolute Gasteiger partial charge is 0.146 e. The summed E-state index contributed by atoms with van der Waals surface area (Å²) < 4.78 is 5.17. The lowest BCUT2D eigenvalue weighted by atomic mass is 9.72. The van der Waals surface area contributed by atoms with Crippen molar-refractivity contribution in [2.45, 2.75) is 33.1 Å². The minimum absolute atomic E-state index is 0.00245. The molecule has 0 saturated carbocycles. The van der Waals surface area contributed by atoms with Crippen molar-refractivity contribution in [2.75, 3.05) is 13.2 Å². The van der Waals surface area contributed by atoms with Gasteiger partial charge in [0.25, 0.3) is 0 Å². The minimum Gasteiger partial charge on any atom is -0.381 e. The molecule has 0 unspecified atom stereocenters. The second-order valence-corrected chi connectivity index (χ2v) is 3.53. The van der Waals surface area contributed by atoms with Crippen LogP contribution in [0.25, 0.3) is 0 Å². The van der Waals surface area contributed by atoms with Gasteiger partial charge in [0.2, 0.25) is 0 Å². The summed E-state index contributed by atoms with van der Waals surface area (Å²) in [6.07, 6.45) is 1.57. The summed E-state index contributed by atoms with van der Waals surface area (Å²) in [4.78, 5) is 23.1. The normalized spacial score (nSPS) is 21.1. The molecule has 1 heterocycles. The zero-order valence-corrected chi connectivity index (χ0v) is 8.26. The minimum atomic E-state index is -0.715. The number of hydrogen-bond acceptors (Lipinski definition) is 3. The SMILES string of the molecule is CCC(=O)C1(C(C)=O)CCOCC1. The summed E-state index contributed by atoms with van der Waals surface area (Å²) in [6.45, 7) is 4.39. The number of carbonyl (C=O) groups excluding carboxylic acids is 2. The second kappa shape index (κ2) is 4.01. The third-order valence-corrected chi connectivity index (χ3v) is 2.88. The monoisotopic (exact) mass is 184 g/mol. The Bertz CT molecular complexity index is 214. The maximum absolute atomic E-state index is 11.7. The van der Waals surface area contributed by atoms with Gasteiger partial charge in [-0.3, -0.25) is 9.59 Å². The van der Waals surface area contributed by atoms with Crippen LogP contribution in [-0.2, 0) is 14.3 Å². The summed E-state index contributed by atoms with van der Waals surface area (Å²) >= 11 is 0. The molecule has 0 bridgehead atoms. The first-order valence-corrected chi connectivity index (χ1v) is 4.75. The van der Waals surface area contributed by atoms with Gasteiger partial charge < -0.3 is 4.74 Å². The lowest BCUT2D eigenvalue weighted by Gasteiger charge is -2.33. The van der Waals surface area contributed by atoms with Gasteiger partial charge >= 0.3 is 0 Å². The van der Waals surface area contributed by atoms with E-state index in [1.54, 1.807) is 0 Å². The highest BCUT2D eigenvalue weighted by atomic mass is 16.5. The van der Waals surface area contributed by atoms with Crippen LogP contribution in [0.4, 0.5) is 0 Å². The van der Waals surface area contributed by atoms with Gasteiger partial charge in [0.15, 0.2) is 0 Å². The molecule has 0 aromatic heterocycles. The molecule has 3 heteroatoms. The Kier molecular flexibility index (Phi) is 3.20. The Labute approximate surface area is 78.5 Å². The molecule has 0 radical (unpaired) electrons. The molecule has 0 aromatic rings. The molecule has 1 rings (SSSR count). The molecule has 0 spiro atoms. The van der Waals surface area contributed by atoms with Gasteiger partial charge in [-0.15, -0.1) is 0 Å². The summed E-state index contributed by atoms with van der Waals surface area (Å²) in [6, 6.07) is 0. The zero-order valence-electron chi connectivity index (χ0n) is 8.26. The van der Waals surface area contributed by atoms with E-state index < -0.39 is 5.41 Å². The van der Waals surface area contributed by atoms with Crippen LogP contribution >= 0.6 is 0 Å². The lowest BCUT2D eigenvalue weighted by molar-refractivity contribution is -0.145. The van der Waals surface area contributed by atoms with Gasteiger partial charge in [-0.25, -0.2) is 0 Å². The molecule has 0 aliphatic carbocycles. The van der Waals surface area contributed by atoms with E-state index in [9.17, 15) is 9.59 Å². The molecule has 0 N–H and O–H groups in total. The Balaban J connectivity index is 2.85. The summed E-state index contributed by atoms with van der Waals surface area (Å²) in [5.74, 6) is 0.0750. The molecule has 0 atom stereocenters. The Morgan fingerprint density at radius 3 is 2.23 bits per heavy atom. The predicted molar refractivity (Wildman–Crippen MR) is 48.5 cm³/mol. The highest BCUT2D eigenvalue weighted by Crippen LogP contribution is 2.33. The Morgan fingerprint density at radius 1 is 1.31 bits per heavy atom. The van der Waals surface area contributed by atoms with Gasteiger partial charge in [-0.2, -0.15) is 0 Å². The maximum Gasteiger partial charge on any atom is 0.146 e. The van der Waals surface area contributed by atoms with Crippen LogP contribution in [0.5, 0.6) is 0 Å². The average Bonchev–Trinajstić information content (AvgIpc) is 2.17. The largest absolute Gasteiger partial charge is 0.381 e. The van der Waals surface area contributed by atoms with Crippen LogP contribution in [0.1, 0.15) is 33.1 Å². The fourth-order valence-corrected chi connectivity index (χ4v) is 1.89. The number of ether oxygens (including phenoxy) is 1. The van der Waals surface area contributed by atoms with E-state index in [0.717, 1.165) is 0 Å². The molecule has 1 saturated heterocycles. The number of carbonyl (C=O) groups is 2. The van der Waals surface area contributed by atoms with Crippen molar-refractivity contribution < 1.29 is 14.3 Å². The van der Waals surface area contributed by atoms with Crippen molar-refractivity contribution in [3.63, 3.8) is 0 Å². The molecule has 13 heavy (non-hydrogen) atoms. The van der Waals surface area contributed by atoms with E-state index in [4.69, 9.17) is 4.74 Å². The fourth-order valence-electron chi connectivity index (χ4n) is 1.89. The zero-order chi connectivity index (χ0) is 9.90. The van der Waals surface area contributed by atoms with Gasteiger partial charge in [-0.1, -0.05) is 6.92 Å². The van der Waals surface area contributed by atoms with Crippen LogP contribution in [0.15, 0.2) is 0 Å². The molecule has 1 aliphatic heterocycles. The van der Waals surface area contributed by atoms with Crippen LogP contribution in [0.3, 0.4) is 0 Å². The van der Waals surface area contributed by atoms with Crippen LogP contribution in [0.2, 0.25) is 0 Å². The van der Waals surface area contributed by atoms with E-state index >= 15 is 0 Å². The third-order valence-electron chi connectivity index (χ3n) is 2.88. The van der Waals surface area contributed by atoms with E-state index in [1.807, 2.05) is 6.92 Å². The molecule has 3 nitrogen and oxygen atoms in total. The van der Waals surface area contributed by atoms with Crippen LogP contribution < -0.4 is 0 Å². The molecular formula is C10H16O3. The van der Waals surface area contributed by atoms with E-state index in [-0.39, 0.29) is 11.6 Å². The lowest BCUT2D eigenvalue weighted by Crippen LogP contribution is -2.42. The first-order chi connectivity index (χ1) is 6.13. The molecular weight excluding hydrogens is 168 g/mol. The summed E-state index contributed by atoms with van der Waals surface area (Å²) in [7, 11) is 0. The van der Waals surface area contributed by atoms with Gasteiger partial charge in [0.05, 0.1) is 5.41 Å². The number of ketones is 2. The van der Waals surface area contributed by atoms with E-state index in [2.05, 4.69) is 0 Å². The van der Waals surface area contributed by atoms with Gasteiger partial charge in [0, 0.05) is 19.6 Å².